The van der Waals surface area contributed by atoms with Crippen LogP contribution in [0, 0.1) is 0 Å². The lowest BCUT2D eigenvalue weighted by molar-refractivity contribution is -0.173. The van der Waals surface area contributed by atoms with E-state index in [2.05, 4.69) is 9.72 Å². The summed E-state index contributed by atoms with van der Waals surface area (Å²) in [6.45, 7) is 1.39. The van der Waals surface area contributed by atoms with Gasteiger partial charge in [0.15, 0.2) is 0 Å². The third-order valence-corrected chi connectivity index (χ3v) is 4.30. The van der Waals surface area contributed by atoms with Crippen molar-refractivity contribution in [2.75, 3.05) is 6.61 Å². The molecule has 0 amide bonds. The molecule has 0 aliphatic carbocycles. The van der Waals surface area contributed by atoms with Crippen molar-refractivity contribution in [3.8, 4) is 10.4 Å². The number of esters is 1. The average molecular weight is 333 g/mol. The molecular formula is C17H13F2NO2S. The Morgan fingerprint density at radius 2 is 2.04 bits per heavy atom. The van der Waals surface area contributed by atoms with Gasteiger partial charge in [0, 0.05) is 22.0 Å². The summed E-state index contributed by atoms with van der Waals surface area (Å²) in [7, 11) is 0. The smallest absolute Gasteiger partial charge is 0.382 e. The van der Waals surface area contributed by atoms with Gasteiger partial charge in [0.25, 0.3) is 0 Å². The summed E-state index contributed by atoms with van der Waals surface area (Å²) in [6.07, 6.45) is 1.06. The fraction of sp³-hybridized carbons (Fsp3) is 0.176. The third-order valence-electron chi connectivity index (χ3n) is 3.41. The summed E-state index contributed by atoms with van der Waals surface area (Å²) in [5.41, 5.74) is 0.486. The van der Waals surface area contributed by atoms with Gasteiger partial charge in [0.1, 0.15) is 0 Å². The molecular weight excluding hydrogens is 320 g/mol. The number of carbonyl (C=O) groups is 1. The third kappa shape index (κ3) is 2.70. The van der Waals surface area contributed by atoms with Crippen LogP contribution in [0.15, 0.2) is 48.0 Å². The van der Waals surface area contributed by atoms with E-state index in [1.807, 2.05) is 0 Å². The zero-order valence-electron chi connectivity index (χ0n) is 12.3. The van der Waals surface area contributed by atoms with Gasteiger partial charge in [0.2, 0.25) is 0 Å². The van der Waals surface area contributed by atoms with Crippen LogP contribution < -0.4 is 0 Å². The van der Waals surface area contributed by atoms with E-state index in [1.54, 1.807) is 41.8 Å². The van der Waals surface area contributed by atoms with Gasteiger partial charge in [-0.15, -0.1) is 11.3 Å². The van der Waals surface area contributed by atoms with E-state index in [0.29, 0.717) is 21.3 Å². The number of thiophene rings is 1. The molecule has 0 bridgehead atoms. The van der Waals surface area contributed by atoms with E-state index in [1.165, 1.54) is 18.3 Å². The number of ether oxygens (including phenoxy) is 1. The maximum absolute atomic E-state index is 14.6. The van der Waals surface area contributed by atoms with Gasteiger partial charge in [0.05, 0.1) is 17.7 Å². The summed E-state index contributed by atoms with van der Waals surface area (Å²) in [4.78, 5) is 16.5. The van der Waals surface area contributed by atoms with E-state index in [-0.39, 0.29) is 6.61 Å². The second-order valence-corrected chi connectivity index (χ2v) is 5.78. The quantitative estimate of drug-likeness (QED) is 0.654. The molecule has 3 aromatic rings. The molecule has 0 saturated carbocycles. The molecule has 6 heteroatoms. The molecule has 2 aromatic heterocycles. The molecule has 118 valence electrons. The molecule has 0 radical (unpaired) electrons. The normalized spacial score (nSPS) is 11.6. The summed E-state index contributed by atoms with van der Waals surface area (Å²) in [5.74, 6) is -5.32. The van der Waals surface area contributed by atoms with Crippen LogP contribution in [0.1, 0.15) is 12.5 Å². The Morgan fingerprint density at radius 1 is 1.26 bits per heavy atom. The molecule has 0 spiro atoms. The van der Waals surface area contributed by atoms with Crippen LogP contribution in [0.25, 0.3) is 21.3 Å². The standard InChI is InChI=1S/C17H13F2NO2S/c1-2-22-16(21)17(18,19)12-10-20-13-7-4-3-6-11(13)15(12)14-8-5-9-23-14/h3-10H,2H2,1H3. The van der Waals surface area contributed by atoms with Crippen LogP contribution in [0.4, 0.5) is 8.78 Å². The van der Waals surface area contributed by atoms with Crippen molar-refractivity contribution in [3.63, 3.8) is 0 Å². The molecule has 0 atom stereocenters. The summed E-state index contributed by atoms with van der Waals surface area (Å²) < 4.78 is 33.7. The van der Waals surface area contributed by atoms with Gasteiger partial charge < -0.3 is 4.74 Å². The van der Waals surface area contributed by atoms with Gasteiger partial charge >= 0.3 is 11.9 Å². The van der Waals surface area contributed by atoms with Crippen LogP contribution in [-0.2, 0) is 15.5 Å². The maximum atomic E-state index is 14.6. The molecule has 1 aromatic carbocycles. The number of alkyl halides is 2. The van der Waals surface area contributed by atoms with Crippen molar-refractivity contribution in [1.82, 2.24) is 4.98 Å². The predicted octanol–water partition coefficient (Wildman–Crippen LogP) is 4.62. The molecule has 0 N–H and O–H groups in total. The Hall–Kier alpha value is -2.34. The number of hydrogen-bond acceptors (Lipinski definition) is 4. The molecule has 2 heterocycles. The number of aromatic nitrogens is 1. The number of para-hydroxylation sites is 1. The number of benzene rings is 1. The van der Waals surface area contributed by atoms with Gasteiger partial charge in [-0.25, -0.2) is 4.79 Å². The topological polar surface area (TPSA) is 39.2 Å². The van der Waals surface area contributed by atoms with Crippen LogP contribution in [0.5, 0.6) is 0 Å². The minimum atomic E-state index is -3.76. The fourth-order valence-electron chi connectivity index (χ4n) is 2.40. The van der Waals surface area contributed by atoms with E-state index in [0.717, 1.165) is 6.20 Å². The number of halogens is 2. The summed E-state index contributed by atoms with van der Waals surface area (Å²) >= 11 is 1.33. The molecule has 0 saturated heterocycles. The van der Waals surface area contributed by atoms with Crippen LogP contribution in [0.3, 0.4) is 0 Å². The number of rotatable bonds is 4. The van der Waals surface area contributed by atoms with E-state index >= 15 is 0 Å². The van der Waals surface area contributed by atoms with Gasteiger partial charge in [-0.3, -0.25) is 4.98 Å². The highest BCUT2D eigenvalue weighted by atomic mass is 32.1. The zero-order valence-corrected chi connectivity index (χ0v) is 13.1. The van der Waals surface area contributed by atoms with Crippen LogP contribution in [0.2, 0.25) is 0 Å². The Balaban J connectivity index is 2.29. The first-order valence-electron chi connectivity index (χ1n) is 7.02. The van der Waals surface area contributed by atoms with E-state index in [4.69, 9.17) is 0 Å². The zero-order chi connectivity index (χ0) is 16.4. The van der Waals surface area contributed by atoms with Crippen molar-refractivity contribution in [2.45, 2.75) is 12.8 Å². The molecule has 0 unspecified atom stereocenters. The minimum Gasteiger partial charge on any atom is -0.461 e. The van der Waals surface area contributed by atoms with Crippen molar-refractivity contribution in [3.05, 3.63) is 53.5 Å². The number of fused-ring (bicyclic) bond motifs is 1. The van der Waals surface area contributed by atoms with Crippen molar-refractivity contribution in [2.24, 2.45) is 0 Å². The average Bonchev–Trinajstić information content (AvgIpc) is 3.08. The van der Waals surface area contributed by atoms with Gasteiger partial charge in [-0.1, -0.05) is 24.3 Å². The predicted molar refractivity (Wildman–Crippen MR) is 85.6 cm³/mol. The Labute approximate surface area is 135 Å². The lowest BCUT2D eigenvalue weighted by Crippen LogP contribution is -2.29. The number of hydrogen-bond donors (Lipinski definition) is 0. The van der Waals surface area contributed by atoms with Crippen molar-refractivity contribution < 1.29 is 18.3 Å². The van der Waals surface area contributed by atoms with Crippen LogP contribution >= 0.6 is 11.3 Å². The van der Waals surface area contributed by atoms with Gasteiger partial charge in [-0.05, 0) is 24.4 Å². The minimum absolute atomic E-state index is 0.107. The van der Waals surface area contributed by atoms with Gasteiger partial charge in [-0.2, -0.15) is 8.78 Å². The summed E-state index contributed by atoms with van der Waals surface area (Å²) in [6, 6.07) is 10.5. The first-order valence-corrected chi connectivity index (χ1v) is 7.90. The number of carbonyl (C=O) groups excluding carboxylic acids is 1. The van der Waals surface area contributed by atoms with Crippen molar-refractivity contribution in [1.29, 1.82) is 0 Å². The first-order chi connectivity index (χ1) is 11.1. The van der Waals surface area contributed by atoms with Crippen molar-refractivity contribution >= 4 is 28.2 Å². The highest BCUT2D eigenvalue weighted by Gasteiger charge is 2.45. The second-order valence-electron chi connectivity index (χ2n) is 4.84. The Kier molecular flexibility index (Phi) is 4.09. The monoisotopic (exact) mass is 333 g/mol. The van der Waals surface area contributed by atoms with Crippen LogP contribution in [-0.4, -0.2) is 17.6 Å². The SMILES string of the molecule is CCOC(=O)C(F)(F)c1cnc2ccccc2c1-c1cccs1. The highest BCUT2D eigenvalue weighted by molar-refractivity contribution is 7.13. The molecule has 3 nitrogen and oxygen atoms in total. The lowest BCUT2D eigenvalue weighted by atomic mass is 9.98. The molecule has 3 rings (SSSR count). The molecule has 0 aliphatic rings. The Bertz CT molecular complexity index is 847. The largest absolute Gasteiger partial charge is 0.461 e. The Morgan fingerprint density at radius 3 is 2.74 bits per heavy atom. The second kappa shape index (κ2) is 6.04. The summed E-state index contributed by atoms with van der Waals surface area (Å²) in [5, 5.41) is 2.38. The molecule has 0 aliphatic heterocycles. The maximum Gasteiger partial charge on any atom is 0.382 e. The first kappa shape index (κ1) is 15.6. The number of pyridine rings is 1. The highest BCUT2D eigenvalue weighted by Crippen LogP contribution is 2.41. The molecule has 0 fully saturated rings. The van der Waals surface area contributed by atoms with E-state index < -0.39 is 17.5 Å². The lowest BCUT2D eigenvalue weighted by Gasteiger charge is -2.19. The molecule has 23 heavy (non-hydrogen) atoms. The number of nitrogens with zero attached hydrogens (tertiary/aromatic N) is 1. The van der Waals surface area contributed by atoms with E-state index in [9.17, 15) is 13.6 Å². The fourth-order valence-corrected chi connectivity index (χ4v) is 3.20.